The number of pyridine rings is 1. The van der Waals surface area contributed by atoms with E-state index in [0.717, 1.165) is 102 Å². The summed E-state index contributed by atoms with van der Waals surface area (Å²) in [5, 5.41) is 17.7. The van der Waals surface area contributed by atoms with E-state index < -0.39 is 23.6 Å². The molecule has 69 heavy (non-hydrogen) atoms. The molecule has 1 aliphatic carbocycles. The predicted molar refractivity (Wildman–Crippen MR) is 256 cm³/mol. The molecule has 0 radical (unpaired) electrons. The van der Waals surface area contributed by atoms with Crippen LogP contribution in [0.25, 0.3) is 32.9 Å². The zero-order valence-electron chi connectivity index (χ0n) is 38.4. The molecular formula is C51H55ClF2N10O5. The van der Waals surface area contributed by atoms with Gasteiger partial charge in [-0.25, -0.2) is 8.78 Å². The lowest BCUT2D eigenvalue weighted by Gasteiger charge is -2.40. The third-order valence-electron chi connectivity index (χ3n) is 15.9. The monoisotopic (exact) mass is 960 g/mol. The number of phenols is 1. The molecule has 5 aromatic rings. The summed E-state index contributed by atoms with van der Waals surface area (Å²) in [5.74, 6) is -1.14. The van der Waals surface area contributed by atoms with Crippen LogP contribution in [0.4, 0.5) is 20.3 Å². The zero-order valence-corrected chi connectivity index (χ0v) is 39.1. The van der Waals surface area contributed by atoms with Crippen LogP contribution >= 0.6 is 11.6 Å². The Morgan fingerprint density at radius 3 is 2.39 bits per heavy atom. The first-order valence-corrected chi connectivity index (χ1v) is 24.9. The van der Waals surface area contributed by atoms with E-state index in [2.05, 4.69) is 41.3 Å². The number of piperidine rings is 2. The fraction of sp³-hybridized carbons (Fsp3) is 0.490. The largest absolute Gasteiger partial charge is 0.508 e. The normalized spacial score (nSPS) is 24.1. The van der Waals surface area contributed by atoms with Crippen LogP contribution < -0.4 is 25.2 Å². The van der Waals surface area contributed by atoms with Gasteiger partial charge in [-0.2, -0.15) is 9.97 Å². The molecule has 6 aliphatic heterocycles. The van der Waals surface area contributed by atoms with Gasteiger partial charge in [0.25, 0.3) is 5.91 Å². The predicted octanol–water partition coefficient (Wildman–Crippen LogP) is 5.88. The van der Waals surface area contributed by atoms with Crippen LogP contribution in [0.1, 0.15) is 67.3 Å². The summed E-state index contributed by atoms with van der Waals surface area (Å²) in [5.41, 5.74) is 2.73. The first-order valence-electron chi connectivity index (χ1n) is 24.5. The van der Waals surface area contributed by atoms with Gasteiger partial charge in [-0.05, 0) is 111 Å². The first kappa shape index (κ1) is 44.5. The van der Waals surface area contributed by atoms with Crippen LogP contribution in [-0.4, -0.2) is 143 Å². The zero-order chi connectivity index (χ0) is 47.1. The molecule has 8 heterocycles. The molecule has 360 valence electrons. The molecule has 18 heteroatoms. The van der Waals surface area contributed by atoms with Crippen LogP contribution in [0.5, 0.6) is 11.8 Å². The maximum Gasteiger partial charge on any atom is 0.319 e. The molecule has 2 unspecified atom stereocenters. The fourth-order valence-electron chi connectivity index (χ4n) is 11.9. The third kappa shape index (κ3) is 8.48. The van der Waals surface area contributed by atoms with Gasteiger partial charge in [-0.15, -0.1) is 0 Å². The lowest BCUT2D eigenvalue weighted by Crippen LogP contribution is -2.52. The molecule has 2 bridgehead atoms. The number of benzene rings is 3. The van der Waals surface area contributed by atoms with Gasteiger partial charge in [0, 0.05) is 111 Å². The number of anilines is 2. The van der Waals surface area contributed by atoms with Crippen LogP contribution in [-0.2, 0) is 16.1 Å². The average molecular weight is 962 g/mol. The summed E-state index contributed by atoms with van der Waals surface area (Å²) in [7, 11) is 0. The Kier molecular flexibility index (Phi) is 11.3. The molecule has 3 N–H and O–H groups in total. The van der Waals surface area contributed by atoms with Gasteiger partial charge >= 0.3 is 6.01 Å². The Balaban J connectivity index is 0.678. The van der Waals surface area contributed by atoms with Crippen LogP contribution in [0.3, 0.4) is 0 Å². The van der Waals surface area contributed by atoms with Crippen molar-refractivity contribution in [2.75, 3.05) is 81.9 Å². The molecule has 1 saturated carbocycles. The number of hydrogen-bond donors (Lipinski definition) is 3. The topological polar surface area (TPSA) is 160 Å². The van der Waals surface area contributed by atoms with Gasteiger partial charge in [0.2, 0.25) is 11.8 Å². The maximum atomic E-state index is 17.0. The number of aromatic nitrogens is 3. The molecule has 6 fully saturated rings. The lowest BCUT2D eigenvalue weighted by atomic mass is 9.94. The van der Waals surface area contributed by atoms with Crippen LogP contribution in [0, 0.1) is 23.0 Å². The SMILES string of the molecule is O=C1CC[C@H](N2Cc3cc(N4CCN(CC5CCN(CC6(COc7nc(N8CC9CCC(C8)N9)c8cnc(-c9cc(O)cc%10ccc(F)c(Cl)c9%10)c(F)c8n7)CC6)CC5)CC4)ccc3C2=O)C(=O)N1. The number of halogens is 3. The van der Waals surface area contributed by atoms with Gasteiger partial charge < -0.3 is 34.8 Å². The van der Waals surface area contributed by atoms with E-state index in [0.29, 0.717) is 72.8 Å². The van der Waals surface area contributed by atoms with Gasteiger partial charge in [0.15, 0.2) is 5.82 Å². The van der Waals surface area contributed by atoms with Crippen molar-refractivity contribution in [2.24, 2.45) is 11.3 Å². The van der Waals surface area contributed by atoms with E-state index in [4.69, 9.17) is 26.3 Å². The van der Waals surface area contributed by atoms with Crippen molar-refractivity contribution < 1.29 is 33.0 Å². The number of likely N-dealkylation sites (tertiary alicyclic amines) is 1. The van der Waals surface area contributed by atoms with Crippen LogP contribution in [0.15, 0.2) is 48.7 Å². The van der Waals surface area contributed by atoms with Gasteiger partial charge in [-0.3, -0.25) is 29.6 Å². The van der Waals surface area contributed by atoms with Gasteiger partial charge in [0.1, 0.15) is 34.6 Å². The number of carbonyl (C=O) groups is 3. The summed E-state index contributed by atoms with van der Waals surface area (Å²) < 4.78 is 38.3. The molecular weight excluding hydrogens is 906 g/mol. The third-order valence-corrected chi connectivity index (χ3v) is 16.3. The Bertz CT molecular complexity index is 2890. The maximum absolute atomic E-state index is 17.0. The number of fused-ring (bicyclic) bond motifs is 5. The summed E-state index contributed by atoms with van der Waals surface area (Å²) in [6.45, 7) is 10.00. The van der Waals surface area contributed by atoms with E-state index >= 15 is 4.39 Å². The Labute approximate surface area is 403 Å². The standard InChI is InChI=1S/C51H55ClF2N10O5/c52-43-39(53)6-1-30-20-35(65)21-37(42(30)43)45-44(54)46-38(22-55-45)47(63-25-32-2-3-33(26-63)56-32)59-50(58-46)69-28-51(11-12-51)27-61-13-9-29(10-14-61)23-60-15-17-62(18-16-60)34-4-5-36-31(19-34)24-64(49(36)68)40-7-8-41(66)57-48(40)67/h1,4-6,19-22,29,32-33,40,56,65H,2-3,7-18,23-28H2,(H,57,66,67)/t32?,33?,40-/m0/s1. The number of phenolic OH excluding ortho intramolecular Hbond substituents is 1. The smallest absolute Gasteiger partial charge is 0.319 e. The number of carbonyl (C=O) groups excluding carboxylic acids is 3. The lowest BCUT2D eigenvalue weighted by molar-refractivity contribution is -0.136. The Morgan fingerprint density at radius 1 is 0.855 bits per heavy atom. The van der Waals surface area contributed by atoms with Crippen molar-refractivity contribution in [1.82, 2.24) is 40.3 Å². The second kappa shape index (κ2) is 17.6. The van der Waals surface area contributed by atoms with Crippen molar-refractivity contribution in [1.29, 1.82) is 0 Å². The number of amides is 3. The molecule has 15 nitrogen and oxygen atoms in total. The van der Waals surface area contributed by atoms with E-state index in [-0.39, 0.29) is 62.6 Å². The number of imide groups is 1. The highest BCUT2D eigenvalue weighted by atomic mass is 35.5. The number of piperazine rings is 2. The second-order valence-corrected chi connectivity index (χ2v) is 20.9. The highest BCUT2D eigenvalue weighted by Crippen LogP contribution is 2.47. The highest BCUT2D eigenvalue weighted by molar-refractivity contribution is 6.37. The van der Waals surface area contributed by atoms with Crippen molar-refractivity contribution in [3.63, 3.8) is 0 Å². The molecule has 5 saturated heterocycles. The molecule has 3 amide bonds. The minimum absolute atomic E-state index is 0.0346. The molecule has 3 atom stereocenters. The number of hydrogen-bond acceptors (Lipinski definition) is 13. The van der Waals surface area contributed by atoms with E-state index in [1.54, 1.807) is 11.1 Å². The molecule has 12 rings (SSSR count). The second-order valence-electron chi connectivity index (χ2n) is 20.5. The summed E-state index contributed by atoms with van der Waals surface area (Å²) >= 11 is 6.46. The molecule has 3 aromatic carbocycles. The van der Waals surface area contributed by atoms with Gasteiger partial charge in [0.05, 0.1) is 17.0 Å². The van der Waals surface area contributed by atoms with Gasteiger partial charge in [-0.1, -0.05) is 17.7 Å². The van der Waals surface area contributed by atoms with Crippen LogP contribution in [0.2, 0.25) is 5.02 Å². The summed E-state index contributed by atoms with van der Waals surface area (Å²) in [6.07, 6.45) is 8.59. The molecule has 2 aromatic heterocycles. The number of nitrogens with one attached hydrogen (secondary N) is 2. The summed E-state index contributed by atoms with van der Waals surface area (Å²) in [6, 6.07) is 11.6. The fourth-order valence-corrected chi connectivity index (χ4v) is 12.2. The molecule has 0 spiro atoms. The number of ether oxygens (including phenoxy) is 1. The van der Waals surface area contributed by atoms with E-state index in [9.17, 15) is 23.9 Å². The average Bonchev–Trinajstić information content (AvgIpc) is 3.92. The van der Waals surface area contributed by atoms with Crippen molar-refractivity contribution >= 4 is 62.5 Å². The minimum atomic E-state index is -0.725. The highest BCUT2D eigenvalue weighted by Gasteiger charge is 2.46. The molecule has 7 aliphatic rings. The Hall–Kier alpha value is -5.75. The van der Waals surface area contributed by atoms with E-state index in [1.807, 2.05) is 12.1 Å². The number of nitrogens with zero attached hydrogens (tertiary/aromatic N) is 8. The first-order chi connectivity index (χ1) is 33.4. The van der Waals surface area contributed by atoms with Crippen molar-refractivity contribution in [3.05, 3.63) is 76.4 Å². The van der Waals surface area contributed by atoms with Crippen molar-refractivity contribution in [3.8, 4) is 23.0 Å². The number of rotatable bonds is 11. The quantitative estimate of drug-likeness (QED) is 0.135. The minimum Gasteiger partial charge on any atom is -0.508 e. The number of aromatic hydroxyl groups is 1. The van der Waals surface area contributed by atoms with E-state index in [1.165, 1.54) is 24.3 Å². The summed E-state index contributed by atoms with van der Waals surface area (Å²) in [4.78, 5) is 63.0. The van der Waals surface area contributed by atoms with Crippen molar-refractivity contribution in [2.45, 2.75) is 76.0 Å². The Morgan fingerprint density at radius 2 is 1.64 bits per heavy atom.